The molecule has 1 saturated heterocycles. The first-order chi connectivity index (χ1) is 12.8. The quantitative estimate of drug-likeness (QED) is 0.797. The van der Waals surface area contributed by atoms with Crippen LogP contribution in [0.5, 0.6) is 0 Å². The molecule has 1 atom stereocenters. The lowest BCUT2D eigenvalue weighted by Crippen LogP contribution is -2.34. The van der Waals surface area contributed by atoms with Crippen molar-refractivity contribution in [3.63, 3.8) is 0 Å². The zero-order valence-corrected chi connectivity index (χ0v) is 15.8. The summed E-state index contributed by atoms with van der Waals surface area (Å²) < 4.78 is 2.05. The van der Waals surface area contributed by atoms with E-state index in [1.807, 2.05) is 10.9 Å². The number of nitrogens with zero attached hydrogens (tertiary/aromatic N) is 4. The van der Waals surface area contributed by atoms with E-state index in [-0.39, 0.29) is 0 Å². The molecule has 0 amide bonds. The van der Waals surface area contributed by atoms with Gasteiger partial charge in [0, 0.05) is 30.9 Å². The fourth-order valence-electron chi connectivity index (χ4n) is 4.24. The van der Waals surface area contributed by atoms with Crippen LogP contribution >= 0.6 is 0 Å². The lowest BCUT2D eigenvalue weighted by Gasteiger charge is -2.28. The maximum absolute atomic E-state index is 4.56. The number of benzene rings is 1. The molecule has 0 saturated carbocycles. The minimum atomic E-state index is 0.802. The Balaban J connectivity index is 1.30. The molecule has 4 heteroatoms. The molecule has 3 heterocycles. The van der Waals surface area contributed by atoms with Crippen molar-refractivity contribution in [1.82, 2.24) is 19.6 Å². The summed E-state index contributed by atoms with van der Waals surface area (Å²) in [5, 5.41) is 4.56. The molecule has 138 valence electrons. The summed E-state index contributed by atoms with van der Waals surface area (Å²) in [5.41, 5.74) is 4.04. The normalized spacial score (nSPS) is 21.9. The monoisotopic (exact) mass is 350 g/mol. The van der Waals surface area contributed by atoms with E-state index in [1.54, 1.807) is 0 Å². The Morgan fingerprint density at radius 1 is 1.15 bits per heavy atom. The van der Waals surface area contributed by atoms with E-state index in [9.17, 15) is 0 Å². The van der Waals surface area contributed by atoms with Crippen LogP contribution in [0, 0.1) is 0 Å². The smallest absolute Gasteiger partial charge is 0.0659 e. The van der Waals surface area contributed by atoms with Crippen LogP contribution in [-0.2, 0) is 6.54 Å². The number of aromatic nitrogens is 2. The average Bonchev–Trinajstić information content (AvgIpc) is 3.30. The Bertz CT molecular complexity index is 734. The first-order valence-electron chi connectivity index (χ1n) is 9.96. The fourth-order valence-corrected chi connectivity index (χ4v) is 4.24. The zero-order valence-electron chi connectivity index (χ0n) is 15.8. The third-order valence-electron chi connectivity index (χ3n) is 5.93. The van der Waals surface area contributed by atoms with Gasteiger partial charge in [-0.2, -0.15) is 5.10 Å². The summed E-state index contributed by atoms with van der Waals surface area (Å²) in [6.45, 7) is 5.60. The maximum atomic E-state index is 4.56. The second-order valence-corrected chi connectivity index (χ2v) is 7.76. The predicted octanol–water partition coefficient (Wildman–Crippen LogP) is 3.50. The summed E-state index contributed by atoms with van der Waals surface area (Å²) in [6.07, 6.45) is 11.8. The van der Waals surface area contributed by atoms with Gasteiger partial charge in [0.2, 0.25) is 0 Å². The molecule has 2 aromatic rings. The van der Waals surface area contributed by atoms with Crippen molar-refractivity contribution in [3.05, 3.63) is 59.9 Å². The van der Waals surface area contributed by atoms with Gasteiger partial charge in [0.05, 0.1) is 12.7 Å². The zero-order chi connectivity index (χ0) is 17.8. The molecule has 2 aliphatic heterocycles. The van der Waals surface area contributed by atoms with Crippen molar-refractivity contribution in [2.75, 3.05) is 33.2 Å². The molecule has 4 rings (SSSR count). The highest BCUT2D eigenvalue weighted by Gasteiger charge is 2.22. The average molecular weight is 351 g/mol. The van der Waals surface area contributed by atoms with Crippen LogP contribution in [0.2, 0.25) is 0 Å². The minimum absolute atomic E-state index is 0.802. The van der Waals surface area contributed by atoms with Crippen molar-refractivity contribution in [3.8, 4) is 0 Å². The van der Waals surface area contributed by atoms with Crippen LogP contribution in [0.25, 0.3) is 5.57 Å². The van der Waals surface area contributed by atoms with Gasteiger partial charge in [0.1, 0.15) is 0 Å². The molecule has 0 radical (unpaired) electrons. The van der Waals surface area contributed by atoms with Crippen molar-refractivity contribution in [2.24, 2.45) is 0 Å². The number of rotatable bonds is 6. The highest BCUT2D eigenvalue weighted by Crippen LogP contribution is 2.23. The molecular weight excluding hydrogens is 320 g/mol. The van der Waals surface area contributed by atoms with Crippen LogP contribution in [0.15, 0.2) is 48.8 Å². The molecule has 1 aromatic heterocycles. The van der Waals surface area contributed by atoms with Gasteiger partial charge in [-0.3, -0.25) is 9.58 Å². The first kappa shape index (κ1) is 17.5. The van der Waals surface area contributed by atoms with Crippen LogP contribution in [0.3, 0.4) is 0 Å². The predicted molar refractivity (Wildman–Crippen MR) is 107 cm³/mol. The van der Waals surface area contributed by atoms with Gasteiger partial charge in [-0.05, 0) is 57.0 Å². The lowest BCUT2D eigenvalue weighted by molar-refractivity contribution is 0.236. The van der Waals surface area contributed by atoms with Crippen molar-refractivity contribution in [2.45, 2.75) is 38.3 Å². The molecule has 0 aliphatic carbocycles. The van der Waals surface area contributed by atoms with Gasteiger partial charge in [-0.25, -0.2) is 0 Å². The van der Waals surface area contributed by atoms with Crippen LogP contribution < -0.4 is 0 Å². The Hall–Kier alpha value is -1.91. The van der Waals surface area contributed by atoms with Crippen LogP contribution in [0.1, 0.15) is 36.8 Å². The molecule has 0 N–H and O–H groups in total. The molecule has 4 nitrogen and oxygen atoms in total. The summed E-state index contributed by atoms with van der Waals surface area (Å²) in [4.78, 5) is 5.14. The number of hydrogen-bond donors (Lipinski definition) is 0. The van der Waals surface area contributed by atoms with E-state index < -0.39 is 0 Å². The molecule has 0 bridgehead atoms. The van der Waals surface area contributed by atoms with Crippen LogP contribution in [-0.4, -0.2) is 58.8 Å². The van der Waals surface area contributed by atoms with E-state index in [0.717, 1.165) is 25.6 Å². The van der Waals surface area contributed by atoms with E-state index in [1.165, 1.54) is 55.6 Å². The van der Waals surface area contributed by atoms with E-state index in [0.29, 0.717) is 0 Å². The Labute approximate surface area is 157 Å². The Kier molecular flexibility index (Phi) is 5.51. The highest BCUT2D eigenvalue weighted by molar-refractivity contribution is 5.65. The summed E-state index contributed by atoms with van der Waals surface area (Å²) in [5.74, 6) is 0. The van der Waals surface area contributed by atoms with Gasteiger partial charge in [0.25, 0.3) is 0 Å². The van der Waals surface area contributed by atoms with Crippen LogP contribution in [0.4, 0.5) is 0 Å². The second kappa shape index (κ2) is 8.19. The van der Waals surface area contributed by atoms with Gasteiger partial charge in [-0.1, -0.05) is 36.4 Å². The Morgan fingerprint density at radius 3 is 2.77 bits per heavy atom. The maximum Gasteiger partial charge on any atom is 0.0659 e. The summed E-state index contributed by atoms with van der Waals surface area (Å²) >= 11 is 0. The molecule has 0 spiro atoms. The molecule has 1 aromatic carbocycles. The third kappa shape index (κ3) is 4.25. The van der Waals surface area contributed by atoms with Gasteiger partial charge >= 0.3 is 0 Å². The molecule has 0 unspecified atom stereocenters. The number of likely N-dealkylation sites (tertiary alicyclic amines) is 1. The Morgan fingerprint density at radius 2 is 2.04 bits per heavy atom. The topological polar surface area (TPSA) is 24.3 Å². The molecule has 26 heavy (non-hydrogen) atoms. The molecule has 1 fully saturated rings. The van der Waals surface area contributed by atoms with E-state index in [2.05, 4.69) is 64.6 Å². The van der Waals surface area contributed by atoms with Crippen molar-refractivity contribution < 1.29 is 0 Å². The standard InChI is InChI=1S/C22H30N4/c1-24-12-5-8-22(24)11-15-25-13-9-20(10-14-25)21-16-23-26(18-21)17-19-6-3-2-4-7-19/h2-4,6-7,9,16,18,22H,5,8,10-15,17H2,1H3/t22-/m0/s1. The van der Waals surface area contributed by atoms with Gasteiger partial charge in [0.15, 0.2) is 0 Å². The summed E-state index contributed by atoms with van der Waals surface area (Å²) in [7, 11) is 2.28. The van der Waals surface area contributed by atoms with Crippen molar-refractivity contribution in [1.29, 1.82) is 0 Å². The fraction of sp³-hybridized carbons (Fsp3) is 0.500. The third-order valence-corrected chi connectivity index (χ3v) is 5.93. The van der Waals surface area contributed by atoms with Gasteiger partial charge in [-0.15, -0.1) is 0 Å². The minimum Gasteiger partial charge on any atom is -0.303 e. The second-order valence-electron chi connectivity index (χ2n) is 7.76. The molecular formula is C22H30N4. The first-order valence-corrected chi connectivity index (χ1v) is 9.96. The number of hydrogen-bond acceptors (Lipinski definition) is 3. The molecule has 2 aliphatic rings. The SMILES string of the molecule is CN1CCC[C@H]1CCN1CC=C(c2cnn(Cc3ccccc3)c2)CC1. The van der Waals surface area contributed by atoms with E-state index >= 15 is 0 Å². The lowest BCUT2D eigenvalue weighted by atomic mass is 10.0. The van der Waals surface area contributed by atoms with E-state index in [4.69, 9.17) is 0 Å². The highest BCUT2D eigenvalue weighted by atomic mass is 15.3. The summed E-state index contributed by atoms with van der Waals surface area (Å²) in [6, 6.07) is 11.3. The largest absolute Gasteiger partial charge is 0.303 e. The van der Waals surface area contributed by atoms with Crippen molar-refractivity contribution >= 4 is 5.57 Å². The van der Waals surface area contributed by atoms with Gasteiger partial charge < -0.3 is 4.90 Å².